The molecule has 5 nitrogen and oxygen atoms in total. The second kappa shape index (κ2) is 5.21. The Labute approximate surface area is 132 Å². The molecule has 23 heavy (non-hydrogen) atoms. The number of aromatic nitrogens is 2. The molecule has 1 heterocycles. The lowest BCUT2D eigenvalue weighted by Crippen LogP contribution is -2.00. The fourth-order valence-corrected chi connectivity index (χ4v) is 2.76. The maximum atomic E-state index is 10.2. The van der Waals surface area contributed by atoms with Crippen LogP contribution in [0.25, 0.3) is 21.8 Å². The first-order valence-corrected chi connectivity index (χ1v) is 7.34. The lowest BCUT2D eigenvalue weighted by atomic mass is 10.1. The number of anilines is 1. The summed E-state index contributed by atoms with van der Waals surface area (Å²) < 4.78 is 0. The first-order chi connectivity index (χ1) is 11.2. The van der Waals surface area contributed by atoms with Crippen LogP contribution >= 0.6 is 0 Å². The summed E-state index contributed by atoms with van der Waals surface area (Å²) in [4.78, 5) is 7.65. The number of nitrogens with one attached hydrogen (secondary N) is 2. The zero-order valence-corrected chi connectivity index (χ0v) is 12.2. The summed E-state index contributed by atoms with van der Waals surface area (Å²) in [5, 5.41) is 25.0. The predicted octanol–water partition coefficient (Wildman–Crippen LogP) is 3.74. The monoisotopic (exact) mass is 305 g/mol. The zero-order chi connectivity index (χ0) is 15.8. The number of benzene rings is 3. The Morgan fingerprint density at radius 1 is 0.870 bits per heavy atom. The van der Waals surface area contributed by atoms with Crippen LogP contribution in [0.4, 0.5) is 5.69 Å². The van der Waals surface area contributed by atoms with Gasteiger partial charge >= 0.3 is 0 Å². The summed E-state index contributed by atoms with van der Waals surface area (Å²) in [5.41, 5.74) is 2.09. The average molecular weight is 305 g/mol. The quantitative estimate of drug-likeness (QED) is 0.435. The van der Waals surface area contributed by atoms with Gasteiger partial charge in [-0.25, -0.2) is 4.98 Å². The minimum atomic E-state index is -0.169. The van der Waals surface area contributed by atoms with Crippen LogP contribution in [0.15, 0.2) is 54.6 Å². The van der Waals surface area contributed by atoms with E-state index in [4.69, 9.17) is 0 Å². The molecule has 4 aromatic rings. The van der Waals surface area contributed by atoms with Crippen LogP contribution < -0.4 is 5.32 Å². The number of phenolic OH excluding ortho intramolecular Hbond substituents is 2. The van der Waals surface area contributed by atoms with Crippen LogP contribution in [0, 0.1) is 0 Å². The number of para-hydroxylation sites is 1. The van der Waals surface area contributed by atoms with E-state index < -0.39 is 0 Å². The predicted molar refractivity (Wildman–Crippen MR) is 90.7 cm³/mol. The van der Waals surface area contributed by atoms with Crippen molar-refractivity contribution >= 4 is 27.5 Å². The van der Waals surface area contributed by atoms with Crippen molar-refractivity contribution in [3.05, 3.63) is 60.4 Å². The van der Waals surface area contributed by atoms with E-state index in [9.17, 15) is 10.2 Å². The van der Waals surface area contributed by atoms with E-state index in [2.05, 4.69) is 15.3 Å². The molecule has 0 unspecified atom stereocenters. The summed E-state index contributed by atoms with van der Waals surface area (Å²) in [6.07, 6.45) is 0. The van der Waals surface area contributed by atoms with Gasteiger partial charge in [-0.1, -0.05) is 42.5 Å². The number of imidazole rings is 1. The molecule has 0 saturated heterocycles. The molecule has 114 valence electrons. The molecule has 5 heteroatoms. The molecule has 0 aliphatic rings. The smallest absolute Gasteiger partial charge is 0.184 e. The van der Waals surface area contributed by atoms with Crippen molar-refractivity contribution in [1.82, 2.24) is 9.97 Å². The van der Waals surface area contributed by atoms with Gasteiger partial charge in [-0.2, -0.15) is 0 Å². The summed E-state index contributed by atoms with van der Waals surface area (Å²) in [6.45, 7) is 0.493. The normalized spacial score (nSPS) is 11.1. The molecule has 4 rings (SSSR count). The van der Waals surface area contributed by atoms with Gasteiger partial charge in [-0.3, -0.25) is 0 Å². The minimum absolute atomic E-state index is 0.126. The van der Waals surface area contributed by atoms with E-state index in [1.54, 1.807) is 6.07 Å². The molecule has 0 aliphatic heterocycles. The number of H-pyrrole nitrogens is 1. The molecule has 1 aromatic heterocycles. The number of aromatic amines is 1. The standard InChI is InChI=1S/C18H15N3O2/c22-17-13-9-5-4-8-12(13)15-16(18(17)23)21-14(20-15)10-19-11-6-2-1-3-7-11/h1-9,19,22-23H,10H2,(H,20,21). The zero-order valence-electron chi connectivity index (χ0n) is 12.2. The maximum Gasteiger partial charge on any atom is 0.184 e. The summed E-state index contributed by atoms with van der Waals surface area (Å²) in [6, 6.07) is 17.2. The van der Waals surface area contributed by atoms with E-state index in [1.165, 1.54) is 0 Å². The Kier molecular flexibility index (Phi) is 3.05. The van der Waals surface area contributed by atoms with Crippen molar-refractivity contribution in [2.45, 2.75) is 6.54 Å². The molecular formula is C18H15N3O2. The first kappa shape index (κ1) is 13.5. The second-order valence-electron chi connectivity index (χ2n) is 5.37. The number of hydrogen-bond acceptors (Lipinski definition) is 4. The van der Waals surface area contributed by atoms with Crippen LogP contribution in [0.5, 0.6) is 11.5 Å². The Bertz CT molecular complexity index is 993. The lowest BCUT2D eigenvalue weighted by Gasteiger charge is -2.04. The number of nitrogens with zero attached hydrogens (tertiary/aromatic N) is 1. The van der Waals surface area contributed by atoms with Gasteiger partial charge in [-0.15, -0.1) is 0 Å². The summed E-state index contributed by atoms with van der Waals surface area (Å²) in [5.74, 6) is 0.395. The largest absolute Gasteiger partial charge is 0.504 e. The summed E-state index contributed by atoms with van der Waals surface area (Å²) >= 11 is 0. The van der Waals surface area contributed by atoms with E-state index in [-0.39, 0.29) is 11.5 Å². The Balaban J connectivity index is 1.78. The molecule has 0 radical (unpaired) electrons. The maximum absolute atomic E-state index is 10.2. The molecule has 0 bridgehead atoms. The van der Waals surface area contributed by atoms with Crippen molar-refractivity contribution in [2.24, 2.45) is 0 Å². The number of phenols is 2. The van der Waals surface area contributed by atoms with Gasteiger partial charge in [0, 0.05) is 16.5 Å². The Morgan fingerprint density at radius 2 is 1.57 bits per heavy atom. The topological polar surface area (TPSA) is 81.2 Å². The number of fused-ring (bicyclic) bond motifs is 3. The van der Waals surface area contributed by atoms with Gasteiger partial charge in [0.1, 0.15) is 16.9 Å². The fraction of sp³-hybridized carbons (Fsp3) is 0.0556. The third-order valence-corrected chi connectivity index (χ3v) is 3.89. The van der Waals surface area contributed by atoms with E-state index >= 15 is 0 Å². The van der Waals surface area contributed by atoms with Crippen molar-refractivity contribution in [2.75, 3.05) is 5.32 Å². The van der Waals surface area contributed by atoms with Gasteiger partial charge in [-0.05, 0) is 12.1 Å². The van der Waals surface area contributed by atoms with E-state index in [0.29, 0.717) is 28.8 Å². The van der Waals surface area contributed by atoms with Gasteiger partial charge < -0.3 is 20.5 Å². The van der Waals surface area contributed by atoms with E-state index in [1.807, 2.05) is 48.5 Å². The molecule has 0 amide bonds. The van der Waals surface area contributed by atoms with Crippen LogP contribution in [0.3, 0.4) is 0 Å². The molecule has 0 spiro atoms. The highest BCUT2D eigenvalue weighted by molar-refractivity contribution is 6.10. The molecule has 4 N–H and O–H groups in total. The highest BCUT2D eigenvalue weighted by Crippen LogP contribution is 2.40. The molecule has 0 atom stereocenters. The Hall–Kier alpha value is -3.21. The first-order valence-electron chi connectivity index (χ1n) is 7.34. The lowest BCUT2D eigenvalue weighted by molar-refractivity contribution is 0.412. The number of aromatic hydroxyl groups is 2. The van der Waals surface area contributed by atoms with Gasteiger partial charge in [0.25, 0.3) is 0 Å². The molecule has 0 aliphatic carbocycles. The van der Waals surface area contributed by atoms with Crippen LogP contribution in [0.1, 0.15) is 5.82 Å². The molecular weight excluding hydrogens is 290 g/mol. The van der Waals surface area contributed by atoms with Crippen LogP contribution in [0.2, 0.25) is 0 Å². The van der Waals surface area contributed by atoms with Gasteiger partial charge in [0.15, 0.2) is 11.5 Å². The molecule has 0 fully saturated rings. The van der Waals surface area contributed by atoms with Crippen molar-refractivity contribution < 1.29 is 10.2 Å². The fourth-order valence-electron chi connectivity index (χ4n) is 2.76. The van der Waals surface area contributed by atoms with E-state index in [0.717, 1.165) is 11.1 Å². The van der Waals surface area contributed by atoms with Gasteiger partial charge in [0.2, 0.25) is 0 Å². The number of hydrogen-bond donors (Lipinski definition) is 4. The molecule has 3 aromatic carbocycles. The van der Waals surface area contributed by atoms with Crippen molar-refractivity contribution in [3.63, 3.8) is 0 Å². The third-order valence-electron chi connectivity index (χ3n) is 3.89. The highest BCUT2D eigenvalue weighted by Gasteiger charge is 2.16. The number of rotatable bonds is 3. The summed E-state index contributed by atoms with van der Waals surface area (Å²) in [7, 11) is 0. The highest BCUT2D eigenvalue weighted by atomic mass is 16.3. The van der Waals surface area contributed by atoms with Crippen molar-refractivity contribution in [1.29, 1.82) is 0 Å². The third kappa shape index (κ3) is 2.23. The SMILES string of the molecule is Oc1c(O)c2[nH]c(CNc3ccccc3)nc2c2ccccc12. The average Bonchev–Trinajstić information content (AvgIpc) is 3.03. The minimum Gasteiger partial charge on any atom is -0.504 e. The molecule has 0 saturated carbocycles. The Morgan fingerprint density at radius 3 is 2.35 bits per heavy atom. The van der Waals surface area contributed by atoms with Crippen molar-refractivity contribution in [3.8, 4) is 11.5 Å². The van der Waals surface area contributed by atoms with Gasteiger partial charge in [0.05, 0.1) is 6.54 Å². The second-order valence-corrected chi connectivity index (χ2v) is 5.37. The van der Waals surface area contributed by atoms with Crippen LogP contribution in [-0.2, 0) is 6.54 Å². The van der Waals surface area contributed by atoms with Crippen LogP contribution in [-0.4, -0.2) is 20.2 Å².